The summed E-state index contributed by atoms with van der Waals surface area (Å²) in [6.07, 6.45) is -1.01. The summed E-state index contributed by atoms with van der Waals surface area (Å²) in [5.41, 5.74) is 0. The van der Waals surface area contributed by atoms with Crippen LogP contribution in [0.15, 0.2) is 0 Å². The summed E-state index contributed by atoms with van der Waals surface area (Å²) in [5.74, 6) is -1.33. The molecular weight excluding hydrogens is 256 g/mol. The van der Waals surface area contributed by atoms with Crippen molar-refractivity contribution in [3.8, 4) is 0 Å². The zero-order chi connectivity index (χ0) is 14.4. The number of hydrogen-bond donors (Lipinski definition) is 0. The smallest absolute Gasteiger partial charge is 0.304 e. The van der Waals surface area contributed by atoms with Crippen LogP contribution in [-0.4, -0.2) is 43.0 Å². The van der Waals surface area contributed by atoms with Crippen LogP contribution in [-0.2, 0) is 33.3 Å². The van der Waals surface area contributed by atoms with Crippen LogP contribution in [0.25, 0.3) is 0 Å². The third-order valence-corrected chi connectivity index (χ3v) is 2.43. The number of rotatable bonds is 4. The van der Waals surface area contributed by atoms with Crippen LogP contribution in [0, 0.1) is 0 Å². The van der Waals surface area contributed by atoms with E-state index in [-0.39, 0.29) is 13.0 Å². The summed E-state index contributed by atoms with van der Waals surface area (Å²) in [7, 11) is 0. The van der Waals surface area contributed by atoms with Gasteiger partial charge in [0.1, 0.15) is 12.7 Å². The molecular formula is C12H18O7. The molecule has 1 rings (SSSR count). The van der Waals surface area contributed by atoms with Crippen molar-refractivity contribution in [2.24, 2.45) is 0 Å². The minimum absolute atomic E-state index is 0.0326. The topological polar surface area (TPSA) is 88.1 Å². The van der Waals surface area contributed by atoms with Crippen LogP contribution >= 0.6 is 0 Å². The number of carbonyl (C=O) groups excluding carboxylic acids is 3. The Morgan fingerprint density at radius 1 is 1.00 bits per heavy atom. The molecule has 1 aliphatic heterocycles. The predicted octanol–water partition coefficient (Wildman–Crippen LogP) is 0.549. The van der Waals surface area contributed by atoms with Gasteiger partial charge in [0.2, 0.25) is 6.29 Å². The molecule has 0 saturated carbocycles. The molecule has 0 aromatic carbocycles. The van der Waals surface area contributed by atoms with Gasteiger partial charge in [-0.1, -0.05) is 0 Å². The monoisotopic (exact) mass is 274 g/mol. The molecule has 0 spiro atoms. The fourth-order valence-corrected chi connectivity index (χ4v) is 1.84. The summed E-state index contributed by atoms with van der Waals surface area (Å²) < 4.78 is 20.3. The first-order chi connectivity index (χ1) is 8.86. The van der Waals surface area contributed by atoms with Gasteiger partial charge < -0.3 is 18.9 Å². The van der Waals surface area contributed by atoms with Gasteiger partial charge in [-0.15, -0.1) is 0 Å². The first kappa shape index (κ1) is 15.4. The Kier molecular flexibility index (Phi) is 5.75. The van der Waals surface area contributed by atoms with Gasteiger partial charge in [0.15, 0.2) is 0 Å². The van der Waals surface area contributed by atoms with E-state index in [4.69, 9.17) is 18.9 Å². The van der Waals surface area contributed by atoms with Crippen molar-refractivity contribution in [2.45, 2.75) is 52.1 Å². The Balaban J connectivity index is 2.57. The number of esters is 3. The average Bonchev–Trinajstić information content (AvgIpc) is 2.24. The lowest BCUT2D eigenvalue weighted by molar-refractivity contribution is -0.226. The van der Waals surface area contributed by atoms with Crippen molar-refractivity contribution in [3.05, 3.63) is 0 Å². The highest BCUT2D eigenvalue weighted by Gasteiger charge is 2.33. The van der Waals surface area contributed by atoms with E-state index >= 15 is 0 Å². The summed E-state index contributed by atoms with van der Waals surface area (Å²) >= 11 is 0. The van der Waals surface area contributed by atoms with Gasteiger partial charge in [-0.2, -0.15) is 0 Å². The quantitative estimate of drug-likeness (QED) is 0.546. The van der Waals surface area contributed by atoms with E-state index in [1.165, 1.54) is 20.8 Å². The van der Waals surface area contributed by atoms with E-state index in [1.807, 2.05) is 0 Å². The Morgan fingerprint density at radius 3 is 2.16 bits per heavy atom. The molecule has 1 aliphatic rings. The van der Waals surface area contributed by atoms with Gasteiger partial charge in [0.25, 0.3) is 0 Å². The predicted molar refractivity (Wildman–Crippen MR) is 61.8 cm³/mol. The molecule has 7 heteroatoms. The van der Waals surface area contributed by atoms with Crippen LogP contribution in [0.1, 0.15) is 33.6 Å². The van der Waals surface area contributed by atoms with Gasteiger partial charge in [-0.25, -0.2) is 0 Å². The number of ether oxygens (including phenoxy) is 4. The van der Waals surface area contributed by atoms with Crippen molar-refractivity contribution in [3.63, 3.8) is 0 Å². The molecule has 0 aromatic heterocycles. The molecule has 0 radical (unpaired) electrons. The fourth-order valence-electron chi connectivity index (χ4n) is 1.84. The Morgan fingerprint density at radius 2 is 1.63 bits per heavy atom. The second-order valence-corrected chi connectivity index (χ2v) is 4.30. The average molecular weight is 274 g/mol. The third-order valence-electron chi connectivity index (χ3n) is 2.43. The lowest BCUT2D eigenvalue weighted by Crippen LogP contribution is -2.41. The van der Waals surface area contributed by atoms with Gasteiger partial charge in [-0.05, 0) is 0 Å². The summed E-state index contributed by atoms with van der Waals surface area (Å²) in [6, 6.07) is 0. The lowest BCUT2D eigenvalue weighted by atomic mass is 10.1. The molecule has 7 nitrogen and oxygen atoms in total. The largest absolute Gasteiger partial charge is 0.463 e. The van der Waals surface area contributed by atoms with E-state index in [9.17, 15) is 14.4 Å². The Labute approximate surface area is 111 Å². The molecule has 108 valence electrons. The first-order valence-electron chi connectivity index (χ1n) is 6.00. The van der Waals surface area contributed by atoms with E-state index < -0.39 is 36.4 Å². The highest BCUT2D eigenvalue weighted by atomic mass is 16.7. The molecule has 1 unspecified atom stereocenters. The molecule has 1 heterocycles. The molecule has 0 N–H and O–H groups in total. The summed E-state index contributed by atoms with van der Waals surface area (Å²) in [4.78, 5) is 32.6. The maximum absolute atomic E-state index is 11.0. The van der Waals surface area contributed by atoms with Crippen LogP contribution in [0.2, 0.25) is 0 Å². The molecule has 0 bridgehead atoms. The molecule has 0 amide bonds. The van der Waals surface area contributed by atoms with Gasteiger partial charge in [-0.3, -0.25) is 14.4 Å². The molecule has 19 heavy (non-hydrogen) atoms. The first-order valence-corrected chi connectivity index (χ1v) is 6.00. The lowest BCUT2D eigenvalue weighted by Gasteiger charge is -2.33. The second kappa shape index (κ2) is 7.08. The van der Waals surface area contributed by atoms with Crippen LogP contribution < -0.4 is 0 Å². The molecule has 1 saturated heterocycles. The van der Waals surface area contributed by atoms with Crippen molar-refractivity contribution in [1.82, 2.24) is 0 Å². The fraction of sp³-hybridized carbons (Fsp3) is 0.750. The third kappa shape index (κ3) is 6.19. The Hall–Kier alpha value is -1.63. The van der Waals surface area contributed by atoms with Crippen LogP contribution in [0.5, 0.6) is 0 Å². The van der Waals surface area contributed by atoms with Gasteiger partial charge >= 0.3 is 17.9 Å². The van der Waals surface area contributed by atoms with E-state index in [0.29, 0.717) is 6.42 Å². The molecule has 0 aromatic rings. The Bertz CT molecular complexity index is 328. The maximum Gasteiger partial charge on any atom is 0.304 e. The number of hydrogen-bond acceptors (Lipinski definition) is 7. The van der Waals surface area contributed by atoms with E-state index in [0.717, 1.165) is 0 Å². The normalized spacial score (nSPS) is 26.4. The minimum atomic E-state index is -0.795. The highest BCUT2D eigenvalue weighted by molar-refractivity contribution is 5.67. The molecule has 0 aliphatic carbocycles. The van der Waals surface area contributed by atoms with Crippen molar-refractivity contribution >= 4 is 17.9 Å². The zero-order valence-corrected chi connectivity index (χ0v) is 11.2. The summed E-state index contributed by atoms with van der Waals surface area (Å²) in [5, 5.41) is 0. The standard InChI is InChI=1S/C12H18O7/c1-7(13)16-6-11-4-10(17-8(2)14)5-12(19-11)18-9(3)15/h10-12H,4-6H2,1-3H3/t10-,11-,12?/m0/s1. The molecule has 1 fully saturated rings. The van der Waals surface area contributed by atoms with Crippen molar-refractivity contribution < 1.29 is 33.3 Å². The summed E-state index contributed by atoms with van der Waals surface area (Å²) in [6.45, 7) is 3.89. The highest BCUT2D eigenvalue weighted by Crippen LogP contribution is 2.23. The minimum Gasteiger partial charge on any atom is -0.463 e. The van der Waals surface area contributed by atoms with Crippen LogP contribution in [0.3, 0.4) is 0 Å². The number of carbonyl (C=O) groups is 3. The SMILES string of the molecule is CC(=O)OC[C@@H]1C[C@H](OC(C)=O)CC(OC(C)=O)O1. The maximum atomic E-state index is 11.0. The van der Waals surface area contributed by atoms with E-state index in [2.05, 4.69) is 0 Å². The van der Waals surface area contributed by atoms with E-state index in [1.54, 1.807) is 0 Å². The van der Waals surface area contributed by atoms with Gasteiger partial charge in [0.05, 0.1) is 6.10 Å². The molecule has 3 atom stereocenters. The van der Waals surface area contributed by atoms with Gasteiger partial charge in [0, 0.05) is 33.6 Å². The van der Waals surface area contributed by atoms with Crippen molar-refractivity contribution in [1.29, 1.82) is 0 Å². The zero-order valence-electron chi connectivity index (χ0n) is 11.2. The van der Waals surface area contributed by atoms with Crippen molar-refractivity contribution in [2.75, 3.05) is 6.61 Å². The van der Waals surface area contributed by atoms with Crippen LogP contribution in [0.4, 0.5) is 0 Å². The second-order valence-electron chi connectivity index (χ2n) is 4.30.